The summed E-state index contributed by atoms with van der Waals surface area (Å²) in [5.41, 5.74) is -0.472. The molecule has 0 bridgehead atoms. The fraction of sp³-hybridized carbons (Fsp3) is 0.500. The summed E-state index contributed by atoms with van der Waals surface area (Å²) >= 11 is 0. The van der Waals surface area contributed by atoms with Crippen LogP contribution in [0.3, 0.4) is 0 Å². The summed E-state index contributed by atoms with van der Waals surface area (Å²) in [5, 5.41) is 2.84. The number of hydrogen-bond donors (Lipinski definition) is 1. The Balaban J connectivity index is 2.29. The van der Waals surface area contributed by atoms with Gasteiger partial charge in [-0.2, -0.15) is 13.2 Å². The first kappa shape index (κ1) is 17.5. The van der Waals surface area contributed by atoms with Crippen molar-refractivity contribution in [3.63, 3.8) is 0 Å². The maximum Gasteiger partial charge on any atom is 0.416 e. The van der Waals surface area contributed by atoms with E-state index in [2.05, 4.69) is 10.1 Å². The number of carbonyl (C=O) groups is 1. The number of esters is 1. The van der Waals surface area contributed by atoms with Crippen LogP contribution in [0.2, 0.25) is 0 Å². The Hall–Kier alpha value is -1.60. The Morgan fingerprint density at radius 3 is 2.67 bits per heavy atom. The minimum atomic E-state index is -4.36. The van der Waals surface area contributed by atoms with Crippen LogP contribution in [0.25, 0.3) is 0 Å². The molecule has 0 aliphatic heterocycles. The van der Waals surface area contributed by atoms with Gasteiger partial charge in [-0.05, 0) is 18.6 Å². The lowest BCUT2D eigenvalue weighted by Gasteiger charge is -2.13. The average Bonchev–Trinajstić information content (AvgIpc) is 2.42. The first-order chi connectivity index (χ1) is 9.95. The highest BCUT2D eigenvalue weighted by atomic mass is 19.4. The van der Waals surface area contributed by atoms with Gasteiger partial charge in [0.1, 0.15) is 6.61 Å². The number of nitrogens with one attached hydrogen (secondary N) is 1. The van der Waals surface area contributed by atoms with E-state index in [1.54, 1.807) is 13.0 Å². The number of benzene rings is 1. The maximum atomic E-state index is 12.7. The second-order valence-electron chi connectivity index (χ2n) is 4.19. The molecule has 1 aromatic rings. The lowest BCUT2D eigenvalue weighted by Crippen LogP contribution is -2.23. The minimum Gasteiger partial charge on any atom is -0.464 e. The van der Waals surface area contributed by atoms with Crippen molar-refractivity contribution in [2.24, 2.45) is 0 Å². The molecule has 0 fully saturated rings. The van der Waals surface area contributed by atoms with Gasteiger partial charge in [-0.15, -0.1) is 0 Å². The predicted octanol–water partition coefficient (Wildman–Crippen LogP) is 2.37. The van der Waals surface area contributed by atoms with Gasteiger partial charge in [0.2, 0.25) is 0 Å². The van der Waals surface area contributed by atoms with Crippen LogP contribution in [0.1, 0.15) is 18.1 Å². The van der Waals surface area contributed by atoms with Gasteiger partial charge in [-0.25, -0.2) is 4.79 Å². The molecule has 1 rings (SSSR count). The third kappa shape index (κ3) is 6.59. The van der Waals surface area contributed by atoms with E-state index < -0.39 is 17.7 Å². The van der Waals surface area contributed by atoms with Crippen LogP contribution in [-0.2, 0) is 27.0 Å². The molecule has 0 radical (unpaired) electrons. The van der Waals surface area contributed by atoms with E-state index in [-0.39, 0.29) is 31.9 Å². The molecule has 0 aromatic heterocycles. The molecule has 1 N–H and O–H groups in total. The number of alkyl halides is 3. The topological polar surface area (TPSA) is 47.6 Å². The smallest absolute Gasteiger partial charge is 0.416 e. The fourth-order valence-corrected chi connectivity index (χ4v) is 1.68. The molecule has 0 aliphatic carbocycles. The summed E-state index contributed by atoms with van der Waals surface area (Å²) in [4.78, 5) is 11.0. The Kier molecular flexibility index (Phi) is 7.18. The van der Waals surface area contributed by atoms with Crippen LogP contribution in [0.5, 0.6) is 0 Å². The zero-order chi connectivity index (χ0) is 15.7. The van der Waals surface area contributed by atoms with E-state index >= 15 is 0 Å². The van der Waals surface area contributed by atoms with Crippen molar-refractivity contribution in [2.45, 2.75) is 19.6 Å². The Morgan fingerprint density at radius 2 is 2.00 bits per heavy atom. The molecule has 0 saturated carbocycles. The lowest BCUT2D eigenvalue weighted by atomic mass is 10.1. The maximum absolute atomic E-state index is 12.7. The van der Waals surface area contributed by atoms with Gasteiger partial charge in [0.25, 0.3) is 0 Å². The second kappa shape index (κ2) is 8.63. The zero-order valence-electron chi connectivity index (χ0n) is 11.7. The lowest BCUT2D eigenvalue weighted by molar-refractivity contribution is -0.148. The molecule has 118 valence electrons. The molecule has 1 aromatic carbocycles. The van der Waals surface area contributed by atoms with Gasteiger partial charge in [0, 0.05) is 13.1 Å². The van der Waals surface area contributed by atoms with Gasteiger partial charge < -0.3 is 14.8 Å². The van der Waals surface area contributed by atoms with Gasteiger partial charge >= 0.3 is 12.1 Å². The zero-order valence-corrected chi connectivity index (χ0v) is 11.7. The number of carbonyl (C=O) groups excluding carboxylic acids is 1. The molecule has 0 spiro atoms. The average molecular weight is 305 g/mol. The molecule has 0 saturated heterocycles. The van der Waals surface area contributed by atoms with Crippen molar-refractivity contribution in [2.75, 3.05) is 26.4 Å². The van der Waals surface area contributed by atoms with Crippen molar-refractivity contribution in [1.82, 2.24) is 5.32 Å². The summed E-state index contributed by atoms with van der Waals surface area (Å²) in [6.45, 7) is 2.46. The Morgan fingerprint density at radius 1 is 1.29 bits per heavy atom. The molecule has 0 atom stereocenters. The quantitative estimate of drug-likeness (QED) is 0.592. The Bertz CT molecular complexity index is 449. The van der Waals surface area contributed by atoms with Crippen molar-refractivity contribution < 1.29 is 27.4 Å². The van der Waals surface area contributed by atoms with E-state index in [1.165, 1.54) is 12.1 Å². The minimum absolute atomic E-state index is 0.0818. The third-order valence-corrected chi connectivity index (χ3v) is 2.59. The van der Waals surface area contributed by atoms with Crippen LogP contribution in [0.15, 0.2) is 24.3 Å². The van der Waals surface area contributed by atoms with Crippen LogP contribution in [0, 0.1) is 0 Å². The molecular weight excluding hydrogens is 287 g/mol. The monoisotopic (exact) mass is 305 g/mol. The van der Waals surface area contributed by atoms with Crippen LogP contribution < -0.4 is 5.32 Å². The van der Waals surface area contributed by atoms with Crippen molar-refractivity contribution in [3.8, 4) is 0 Å². The van der Waals surface area contributed by atoms with Gasteiger partial charge in [-0.3, -0.25) is 0 Å². The molecule has 4 nitrogen and oxygen atoms in total. The first-order valence-electron chi connectivity index (χ1n) is 6.54. The van der Waals surface area contributed by atoms with Gasteiger partial charge in [0.15, 0.2) is 0 Å². The van der Waals surface area contributed by atoms with E-state index in [0.717, 1.165) is 6.07 Å². The van der Waals surface area contributed by atoms with E-state index in [1.807, 2.05) is 0 Å². The molecular formula is C14H18F3NO3. The molecule has 0 heterocycles. The summed E-state index contributed by atoms with van der Waals surface area (Å²) in [6.07, 6.45) is -4.36. The Labute approximate surface area is 121 Å². The van der Waals surface area contributed by atoms with Crippen LogP contribution >= 0.6 is 0 Å². The summed E-state index contributed by atoms with van der Waals surface area (Å²) in [7, 11) is 0. The van der Waals surface area contributed by atoms with Crippen molar-refractivity contribution >= 4 is 5.97 Å². The first-order valence-corrected chi connectivity index (χ1v) is 6.54. The summed E-state index contributed by atoms with van der Waals surface area (Å²) in [6, 6.07) is 5.39. The summed E-state index contributed by atoms with van der Waals surface area (Å²) < 4.78 is 47.9. The summed E-state index contributed by atoms with van der Waals surface area (Å²) in [5.74, 6) is -0.458. The SMILES string of the molecule is CCOC(=O)COCCNCc1ccccc1C(F)(F)F. The number of ether oxygens (including phenoxy) is 2. The normalized spacial score (nSPS) is 11.4. The molecule has 0 unspecified atom stereocenters. The number of halogens is 3. The standard InChI is InChI=1S/C14H18F3NO3/c1-2-21-13(19)10-20-8-7-18-9-11-5-3-4-6-12(11)14(15,16)17/h3-6,18H,2,7-10H2,1H3. The third-order valence-electron chi connectivity index (χ3n) is 2.59. The van der Waals surface area contributed by atoms with E-state index in [0.29, 0.717) is 6.54 Å². The highest BCUT2D eigenvalue weighted by Crippen LogP contribution is 2.31. The molecule has 0 aliphatic rings. The molecule has 7 heteroatoms. The molecule has 0 amide bonds. The van der Waals surface area contributed by atoms with Crippen LogP contribution in [0.4, 0.5) is 13.2 Å². The van der Waals surface area contributed by atoms with Gasteiger partial charge in [0.05, 0.1) is 18.8 Å². The van der Waals surface area contributed by atoms with Gasteiger partial charge in [-0.1, -0.05) is 18.2 Å². The van der Waals surface area contributed by atoms with E-state index in [9.17, 15) is 18.0 Å². The number of hydrogen-bond acceptors (Lipinski definition) is 4. The fourth-order valence-electron chi connectivity index (χ4n) is 1.68. The predicted molar refractivity (Wildman–Crippen MR) is 70.6 cm³/mol. The second-order valence-corrected chi connectivity index (χ2v) is 4.19. The highest BCUT2D eigenvalue weighted by Gasteiger charge is 2.32. The largest absolute Gasteiger partial charge is 0.464 e. The number of rotatable bonds is 8. The molecule has 21 heavy (non-hydrogen) atoms. The van der Waals surface area contributed by atoms with Crippen molar-refractivity contribution in [1.29, 1.82) is 0 Å². The van der Waals surface area contributed by atoms with Crippen LogP contribution in [-0.4, -0.2) is 32.3 Å². The highest BCUT2D eigenvalue weighted by molar-refractivity contribution is 5.70. The van der Waals surface area contributed by atoms with Crippen molar-refractivity contribution in [3.05, 3.63) is 35.4 Å². The van der Waals surface area contributed by atoms with E-state index in [4.69, 9.17) is 4.74 Å².